The third-order valence-corrected chi connectivity index (χ3v) is 7.21. The molecule has 0 radical (unpaired) electrons. The summed E-state index contributed by atoms with van der Waals surface area (Å²) in [4.78, 5) is 37.3. The summed E-state index contributed by atoms with van der Waals surface area (Å²) in [5, 5.41) is 15.1. The molecule has 0 spiro atoms. The predicted molar refractivity (Wildman–Crippen MR) is 133 cm³/mol. The summed E-state index contributed by atoms with van der Waals surface area (Å²) in [5.74, 6) is -1.83. The summed E-state index contributed by atoms with van der Waals surface area (Å²) < 4.78 is 5.67. The molecule has 0 aliphatic heterocycles. The van der Waals surface area contributed by atoms with Gasteiger partial charge in [0.2, 0.25) is 5.91 Å². The number of carbonyl (C=O) groups is 3. The van der Waals surface area contributed by atoms with Crippen LogP contribution in [-0.2, 0) is 14.3 Å². The number of fused-ring (bicyclic) bond motifs is 3. The maximum atomic E-state index is 12.9. The van der Waals surface area contributed by atoms with E-state index in [1.54, 1.807) is 0 Å². The van der Waals surface area contributed by atoms with Crippen LogP contribution in [0.3, 0.4) is 0 Å². The van der Waals surface area contributed by atoms with Gasteiger partial charge >= 0.3 is 12.1 Å². The Labute approximate surface area is 206 Å². The predicted octanol–water partition coefficient (Wildman–Crippen LogP) is 4.84. The molecule has 2 aromatic rings. The molecule has 7 nitrogen and oxygen atoms in total. The minimum atomic E-state index is -1.02. The third-order valence-electron chi connectivity index (χ3n) is 7.21. The molecule has 3 N–H and O–H groups in total. The Morgan fingerprint density at radius 2 is 1.63 bits per heavy atom. The number of alkyl carbamates (subject to hydrolysis) is 1. The molecule has 3 atom stereocenters. The van der Waals surface area contributed by atoms with Crippen molar-refractivity contribution in [1.29, 1.82) is 0 Å². The molecule has 2 unspecified atom stereocenters. The van der Waals surface area contributed by atoms with Crippen LogP contribution in [0, 0.1) is 5.92 Å². The number of aliphatic carboxylic acids is 1. The Morgan fingerprint density at radius 1 is 1.00 bits per heavy atom. The van der Waals surface area contributed by atoms with E-state index in [1.165, 1.54) is 0 Å². The average Bonchev–Trinajstić information content (AvgIpc) is 3.19. The number of nitrogens with one attached hydrogen (secondary N) is 2. The number of carboxylic acids is 1. The number of carbonyl (C=O) groups excluding carboxylic acids is 2. The SMILES string of the molecule is CCCC[C@H](NC(=O)C1CCCCC1NC(=O)OCC1c2ccccc2-c2ccccc21)C(=O)O. The Hall–Kier alpha value is -3.35. The molecule has 0 aromatic heterocycles. The van der Waals surface area contributed by atoms with Gasteiger partial charge in [0.15, 0.2) is 0 Å². The fraction of sp³-hybridized carbons (Fsp3) is 0.464. The maximum absolute atomic E-state index is 12.9. The van der Waals surface area contributed by atoms with E-state index in [-0.39, 0.29) is 24.5 Å². The highest BCUT2D eigenvalue weighted by Crippen LogP contribution is 2.44. The van der Waals surface area contributed by atoms with Gasteiger partial charge in [-0.05, 0) is 41.5 Å². The number of hydrogen-bond donors (Lipinski definition) is 3. The van der Waals surface area contributed by atoms with E-state index >= 15 is 0 Å². The third kappa shape index (κ3) is 5.66. The first-order valence-corrected chi connectivity index (χ1v) is 12.6. The van der Waals surface area contributed by atoms with Crippen molar-refractivity contribution in [3.8, 4) is 11.1 Å². The van der Waals surface area contributed by atoms with Crippen LogP contribution in [0.2, 0.25) is 0 Å². The monoisotopic (exact) mass is 478 g/mol. The Morgan fingerprint density at radius 3 is 2.26 bits per heavy atom. The number of rotatable bonds is 9. The molecule has 2 aromatic carbocycles. The summed E-state index contributed by atoms with van der Waals surface area (Å²) in [7, 11) is 0. The molecule has 0 saturated heterocycles. The zero-order chi connectivity index (χ0) is 24.8. The minimum absolute atomic E-state index is 0.0338. The van der Waals surface area contributed by atoms with Crippen LogP contribution in [0.5, 0.6) is 0 Å². The molecule has 186 valence electrons. The Kier molecular flexibility index (Phi) is 8.06. The van der Waals surface area contributed by atoms with Crippen LogP contribution in [0.1, 0.15) is 68.9 Å². The van der Waals surface area contributed by atoms with E-state index in [0.29, 0.717) is 19.3 Å². The maximum Gasteiger partial charge on any atom is 0.407 e. The second-order valence-electron chi connectivity index (χ2n) is 9.51. The largest absolute Gasteiger partial charge is 0.480 e. The number of ether oxygens (including phenoxy) is 1. The smallest absolute Gasteiger partial charge is 0.407 e. The summed E-state index contributed by atoms with van der Waals surface area (Å²) in [6.45, 7) is 2.19. The van der Waals surface area contributed by atoms with E-state index in [9.17, 15) is 19.5 Å². The molecule has 1 saturated carbocycles. The van der Waals surface area contributed by atoms with E-state index in [4.69, 9.17) is 4.74 Å². The number of benzene rings is 2. The van der Waals surface area contributed by atoms with E-state index in [2.05, 4.69) is 34.9 Å². The van der Waals surface area contributed by atoms with E-state index in [0.717, 1.165) is 47.9 Å². The van der Waals surface area contributed by atoms with E-state index in [1.807, 2.05) is 31.2 Å². The van der Waals surface area contributed by atoms with Gasteiger partial charge in [0.25, 0.3) is 0 Å². The van der Waals surface area contributed by atoms with Crippen LogP contribution in [0.15, 0.2) is 48.5 Å². The van der Waals surface area contributed by atoms with Crippen molar-refractivity contribution in [2.24, 2.45) is 5.92 Å². The Balaban J connectivity index is 1.37. The lowest BCUT2D eigenvalue weighted by Gasteiger charge is -2.32. The van der Waals surface area contributed by atoms with Crippen molar-refractivity contribution in [1.82, 2.24) is 10.6 Å². The number of hydrogen-bond acceptors (Lipinski definition) is 4. The van der Waals surface area contributed by atoms with Gasteiger partial charge in [-0.15, -0.1) is 0 Å². The second kappa shape index (κ2) is 11.4. The highest BCUT2D eigenvalue weighted by Gasteiger charge is 2.35. The highest BCUT2D eigenvalue weighted by molar-refractivity contribution is 5.86. The van der Waals surface area contributed by atoms with Gasteiger partial charge in [-0.2, -0.15) is 0 Å². The zero-order valence-corrected chi connectivity index (χ0v) is 20.2. The van der Waals surface area contributed by atoms with Gasteiger partial charge in [0.1, 0.15) is 12.6 Å². The van der Waals surface area contributed by atoms with Crippen molar-refractivity contribution in [3.05, 3.63) is 59.7 Å². The second-order valence-corrected chi connectivity index (χ2v) is 9.51. The molecule has 4 rings (SSSR count). The number of unbranched alkanes of at least 4 members (excludes halogenated alkanes) is 1. The van der Waals surface area contributed by atoms with Gasteiger partial charge in [-0.3, -0.25) is 4.79 Å². The topological polar surface area (TPSA) is 105 Å². The first-order valence-electron chi connectivity index (χ1n) is 12.6. The van der Waals surface area contributed by atoms with Crippen LogP contribution in [0.4, 0.5) is 4.79 Å². The lowest BCUT2D eigenvalue weighted by atomic mass is 9.83. The molecule has 7 heteroatoms. The van der Waals surface area contributed by atoms with Crippen LogP contribution >= 0.6 is 0 Å². The fourth-order valence-electron chi connectivity index (χ4n) is 5.35. The van der Waals surface area contributed by atoms with Crippen LogP contribution in [0.25, 0.3) is 11.1 Å². The summed E-state index contributed by atoms with van der Waals surface area (Å²) >= 11 is 0. The molecule has 0 heterocycles. The van der Waals surface area contributed by atoms with Gasteiger partial charge in [-0.25, -0.2) is 9.59 Å². The van der Waals surface area contributed by atoms with Gasteiger partial charge < -0.3 is 20.5 Å². The van der Waals surface area contributed by atoms with Crippen molar-refractivity contribution in [2.45, 2.75) is 69.9 Å². The van der Waals surface area contributed by atoms with Gasteiger partial charge in [-0.1, -0.05) is 81.1 Å². The van der Waals surface area contributed by atoms with Crippen molar-refractivity contribution < 1.29 is 24.2 Å². The summed E-state index contributed by atoms with van der Waals surface area (Å²) in [5.41, 5.74) is 4.61. The quantitative estimate of drug-likeness (QED) is 0.478. The zero-order valence-electron chi connectivity index (χ0n) is 20.2. The molecule has 1 fully saturated rings. The number of carboxylic acid groups (broad SMARTS) is 1. The van der Waals surface area contributed by atoms with Crippen molar-refractivity contribution in [2.75, 3.05) is 6.61 Å². The molecule has 0 bridgehead atoms. The van der Waals surface area contributed by atoms with Crippen molar-refractivity contribution in [3.63, 3.8) is 0 Å². The Bertz CT molecular complexity index is 1020. The summed E-state index contributed by atoms with van der Waals surface area (Å²) in [6, 6.07) is 15.0. The van der Waals surface area contributed by atoms with Crippen molar-refractivity contribution >= 4 is 18.0 Å². The van der Waals surface area contributed by atoms with Gasteiger partial charge in [0.05, 0.1) is 5.92 Å². The first kappa shape index (κ1) is 24.8. The fourth-order valence-corrected chi connectivity index (χ4v) is 5.35. The average molecular weight is 479 g/mol. The highest BCUT2D eigenvalue weighted by atomic mass is 16.5. The summed E-state index contributed by atoms with van der Waals surface area (Å²) in [6.07, 6.45) is 4.48. The molecule has 2 amide bonds. The molecular formula is C28H34N2O5. The number of amides is 2. The van der Waals surface area contributed by atoms with Gasteiger partial charge in [0, 0.05) is 12.0 Å². The molecule has 35 heavy (non-hydrogen) atoms. The molecule has 2 aliphatic carbocycles. The standard InChI is InChI=1S/C28H34N2O5/c1-2-3-15-25(27(32)33)29-26(31)22-14-8-9-16-24(22)30-28(34)35-17-23-20-12-6-4-10-18(20)19-11-5-7-13-21(19)23/h4-7,10-13,22-25H,2-3,8-9,14-17H2,1H3,(H,29,31)(H,30,34)(H,32,33)/t22?,24?,25-/m0/s1. The molecular weight excluding hydrogens is 444 g/mol. The lowest BCUT2D eigenvalue weighted by Crippen LogP contribution is -2.51. The first-order chi connectivity index (χ1) is 17.0. The lowest BCUT2D eigenvalue weighted by molar-refractivity contribution is -0.143. The van der Waals surface area contributed by atoms with E-state index < -0.39 is 24.0 Å². The minimum Gasteiger partial charge on any atom is -0.480 e. The van der Waals surface area contributed by atoms with Crippen LogP contribution in [-0.4, -0.2) is 41.8 Å². The van der Waals surface area contributed by atoms with Crippen LogP contribution < -0.4 is 10.6 Å². The molecule has 2 aliphatic rings. The normalized spacial score (nSPS) is 19.8.